The average Bonchev–Trinajstić information content (AvgIpc) is 3.03. The van der Waals surface area contributed by atoms with Gasteiger partial charge in [-0.3, -0.25) is 19.2 Å². The highest BCUT2D eigenvalue weighted by Gasteiger charge is 2.45. The third kappa shape index (κ3) is 9.62. The Balaban J connectivity index is 2.89. The zero-order valence-electron chi connectivity index (χ0n) is 19.6. The monoisotopic (exact) mass is 448 g/mol. The van der Waals surface area contributed by atoms with Crippen molar-refractivity contribution in [1.82, 2.24) is 0 Å². The number of esters is 3. The van der Waals surface area contributed by atoms with E-state index in [1.165, 1.54) is 27.0 Å². The molecule has 0 fully saturated rings. The van der Waals surface area contributed by atoms with Crippen LogP contribution in [0.2, 0.25) is 0 Å². The predicted octanol–water partition coefficient (Wildman–Crippen LogP) is 4.40. The summed E-state index contributed by atoms with van der Waals surface area (Å²) in [7, 11) is 1.30. The van der Waals surface area contributed by atoms with Crippen LogP contribution in [0.5, 0.6) is 0 Å². The third-order valence-electron chi connectivity index (χ3n) is 5.28. The number of carbonyl (C=O) groups is 4. The molecule has 0 bridgehead atoms. The van der Waals surface area contributed by atoms with Crippen molar-refractivity contribution in [2.45, 2.75) is 83.8 Å². The lowest BCUT2D eigenvalue weighted by atomic mass is 9.83. The molecule has 1 aliphatic rings. The van der Waals surface area contributed by atoms with Crippen molar-refractivity contribution in [3.8, 4) is 0 Å². The van der Waals surface area contributed by atoms with Crippen molar-refractivity contribution in [3.05, 3.63) is 36.5 Å². The first-order valence-electron chi connectivity index (χ1n) is 11.2. The van der Waals surface area contributed by atoms with Crippen molar-refractivity contribution < 1.29 is 33.4 Å². The van der Waals surface area contributed by atoms with E-state index < -0.39 is 35.5 Å². The molecule has 0 saturated carbocycles. The van der Waals surface area contributed by atoms with Gasteiger partial charge < -0.3 is 14.2 Å². The van der Waals surface area contributed by atoms with E-state index in [-0.39, 0.29) is 18.6 Å². The third-order valence-corrected chi connectivity index (χ3v) is 5.28. The Kier molecular flexibility index (Phi) is 12.3. The Hall–Kier alpha value is -2.70. The summed E-state index contributed by atoms with van der Waals surface area (Å²) in [6.45, 7) is 4.77. The van der Waals surface area contributed by atoms with E-state index in [1.54, 1.807) is 18.2 Å². The van der Waals surface area contributed by atoms with Crippen LogP contribution in [-0.4, -0.2) is 42.5 Å². The second kappa shape index (κ2) is 14.4. The standard InChI is InChI=1S/C25H36O7/c1-5-6-7-8-9-10-17-25(32-20(3)27)18-16-23(28)22(25)13-11-12-21(31-19(2)26)14-15-24(29)30-4/h9-12,16,18,21-22H,5-8,13-15,17H2,1-4H3/b10-9-,12-11+/t21-,22-,25-/m1/s1. The molecule has 0 unspecified atom stereocenters. The minimum Gasteiger partial charge on any atom is -0.469 e. The molecule has 1 rings (SSSR count). The molecule has 0 aromatic heterocycles. The van der Waals surface area contributed by atoms with E-state index in [9.17, 15) is 19.2 Å². The van der Waals surface area contributed by atoms with Gasteiger partial charge in [-0.05, 0) is 43.9 Å². The van der Waals surface area contributed by atoms with E-state index in [1.807, 2.05) is 6.08 Å². The lowest BCUT2D eigenvalue weighted by molar-refractivity contribution is -0.157. The van der Waals surface area contributed by atoms with Crippen molar-refractivity contribution in [1.29, 1.82) is 0 Å². The molecule has 32 heavy (non-hydrogen) atoms. The molecule has 0 aliphatic heterocycles. The van der Waals surface area contributed by atoms with E-state index in [0.717, 1.165) is 25.7 Å². The van der Waals surface area contributed by atoms with Gasteiger partial charge in [-0.25, -0.2) is 0 Å². The van der Waals surface area contributed by atoms with Gasteiger partial charge in [0.25, 0.3) is 0 Å². The first-order chi connectivity index (χ1) is 15.2. The minimum absolute atomic E-state index is 0.100. The van der Waals surface area contributed by atoms with Gasteiger partial charge in [0.1, 0.15) is 11.7 Å². The van der Waals surface area contributed by atoms with Crippen LogP contribution in [0.1, 0.15) is 72.1 Å². The Morgan fingerprint density at radius 3 is 2.50 bits per heavy atom. The molecule has 7 heteroatoms. The summed E-state index contributed by atoms with van der Waals surface area (Å²) in [5.74, 6) is -2.00. The molecule has 0 N–H and O–H groups in total. The summed E-state index contributed by atoms with van der Waals surface area (Å²) in [6.07, 6.45) is 15.4. The van der Waals surface area contributed by atoms with Crippen LogP contribution in [0.3, 0.4) is 0 Å². The SMILES string of the molecule is CCCCC/C=C\C[C@@]1(OC(C)=O)C=CC(=O)[C@H]1C/C=C/[C@H](CCC(=O)OC)OC(C)=O. The highest BCUT2D eigenvalue weighted by Crippen LogP contribution is 2.37. The molecule has 0 heterocycles. The van der Waals surface area contributed by atoms with E-state index in [0.29, 0.717) is 12.8 Å². The number of rotatable bonds is 14. The van der Waals surface area contributed by atoms with Crippen LogP contribution in [0, 0.1) is 5.92 Å². The molecular weight excluding hydrogens is 412 g/mol. The average molecular weight is 449 g/mol. The molecule has 0 aromatic rings. The van der Waals surface area contributed by atoms with Crippen molar-refractivity contribution in [3.63, 3.8) is 0 Å². The first-order valence-corrected chi connectivity index (χ1v) is 11.2. The largest absolute Gasteiger partial charge is 0.469 e. The Morgan fingerprint density at radius 2 is 1.88 bits per heavy atom. The van der Waals surface area contributed by atoms with Gasteiger partial charge >= 0.3 is 17.9 Å². The van der Waals surface area contributed by atoms with Crippen molar-refractivity contribution in [2.75, 3.05) is 7.11 Å². The second-order valence-electron chi connectivity index (χ2n) is 7.93. The fourth-order valence-corrected chi connectivity index (χ4v) is 3.67. The van der Waals surface area contributed by atoms with Crippen LogP contribution in [-0.2, 0) is 33.4 Å². The molecule has 0 spiro atoms. The highest BCUT2D eigenvalue weighted by atomic mass is 16.6. The predicted molar refractivity (Wildman–Crippen MR) is 121 cm³/mol. The van der Waals surface area contributed by atoms with Crippen LogP contribution in [0.25, 0.3) is 0 Å². The van der Waals surface area contributed by atoms with Crippen LogP contribution in [0.4, 0.5) is 0 Å². The van der Waals surface area contributed by atoms with Gasteiger partial charge in [-0.2, -0.15) is 0 Å². The van der Waals surface area contributed by atoms with Gasteiger partial charge in [-0.15, -0.1) is 0 Å². The molecule has 1 aliphatic carbocycles. The van der Waals surface area contributed by atoms with Gasteiger partial charge in [-0.1, -0.05) is 38.0 Å². The number of methoxy groups -OCH3 is 1. The number of ether oxygens (including phenoxy) is 3. The van der Waals surface area contributed by atoms with E-state index >= 15 is 0 Å². The second-order valence-corrected chi connectivity index (χ2v) is 7.93. The maximum Gasteiger partial charge on any atom is 0.305 e. The zero-order chi connectivity index (χ0) is 24.0. The molecule has 0 aromatic carbocycles. The van der Waals surface area contributed by atoms with Crippen LogP contribution < -0.4 is 0 Å². The van der Waals surface area contributed by atoms with Crippen molar-refractivity contribution >= 4 is 23.7 Å². The fraction of sp³-hybridized carbons (Fsp3) is 0.600. The lowest BCUT2D eigenvalue weighted by Crippen LogP contribution is -2.40. The molecule has 0 amide bonds. The molecule has 0 radical (unpaired) electrons. The summed E-state index contributed by atoms with van der Waals surface area (Å²) in [6, 6.07) is 0. The summed E-state index contributed by atoms with van der Waals surface area (Å²) < 4.78 is 15.5. The molecule has 3 atom stereocenters. The summed E-state index contributed by atoms with van der Waals surface area (Å²) in [4.78, 5) is 47.2. The number of unbranched alkanes of at least 4 members (excludes halogenated alkanes) is 3. The van der Waals surface area contributed by atoms with Gasteiger partial charge in [0.2, 0.25) is 0 Å². The van der Waals surface area contributed by atoms with Gasteiger partial charge in [0.15, 0.2) is 5.78 Å². The summed E-state index contributed by atoms with van der Waals surface area (Å²) in [5.41, 5.74) is -1.03. The van der Waals surface area contributed by atoms with Crippen LogP contribution >= 0.6 is 0 Å². The maximum absolute atomic E-state index is 12.6. The lowest BCUT2D eigenvalue weighted by Gasteiger charge is -2.32. The topological polar surface area (TPSA) is 96.0 Å². The number of hydrogen-bond acceptors (Lipinski definition) is 7. The maximum atomic E-state index is 12.6. The molecular formula is C25H36O7. The summed E-state index contributed by atoms with van der Waals surface area (Å²) >= 11 is 0. The van der Waals surface area contributed by atoms with Gasteiger partial charge in [0, 0.05) is 26.7 Å². The number of ketones is 1. The van der Waals surface area contributed by atoms with Crippen molar-refractivity contribution in [2.24, 2.45) is 5.92 Å². The molecule has 0 saturated heterocycles. The number of carbonyl (C=O) groups excluding carboxylic acids is 4. The fourth-order valence-electron chi connectivity index (χ4n) is 3.67. The Morgan fingerprint density at radius 1 is 1.12 bits per heavy atom. The zero-order valence-corrected chi connectivity index (χ0v) is 19.6. The van der Waals surface area contributed by atoms with Gasteiger partial charge in [0.05, 0.1) is 13.0 Å². The normalized spacial score (nSPS) is 21.2. The minimum atomic E-state index is -1.03. The Bertz CT molecular complexity index is 735. The smallest absolute Gasteiger partial charge is 0.305 e. The Labute approximate surface area is 190 Å². The summed E-state index contributed by atoms with van der Waals surface area (Å²) in [5, 5.41) is 0. The first kappa shape index (κ1) is 27.3. The van der Waals surface area contributed by atoms with E-state index in [2.05, 4.69) is 17.7 Å². The van der Waals surface area contributed by atoms with E-state index in [4.69, 9.17) is 9.47 Å². The number of hydrogen-bond donors (Lipinski definition) is 0. The quantitative estimate of drug-likeness (QED) is 0.168. The highest BCUT2D eigenvalue weighted by molar-refractivity contribution is 5.96. The molecule has 7 nitrogen and oxygen atoms in total. The van der Waals surface area contributed by atoms with Crippen LogP contribution in [0.15, 0.2) is 36.5 Å². The number of allylic oxidation sites excluding steroid dienone is 3. The molecule has 178 valence electrons.